The van der Waals surface area contributed by atoms with Gasteiger partial charge in [0.2, 0.25) is 0 Å². The largest absolute Gasteiger partial charge is 0.497 e. The molecule has 0 aromatic heterocycles. The second-order valence-corrected chi connectivity index (χ2v) is 8.10. The quantitative estimate of drug-likeness (QED) is 0.685. The van der Waals surface area contributed by atoms with Crippen molar-refractivity contribution in [1.29, 1.82) is 0 Å². The summed E-state index contributed by atoms with van der Waals surface area (Å²) in [6, 6.07) is 17.1. The molecular formula is C24H32N2O. The van der Waals surface area contributed by atoms with Crippen LogP contribution in [-0.2, 0) is 6.42 Å². The first-order chi connectivity index (χ1) is 13.3. The fraction of sp³-hybridized carbons (Fsp3) is 0.500. The summed E-state index contributed by atoms with van der Waals surface area (Å²) in [4.78, 5) is 0. The number of fused-ring (bicyclic) bond motifs is 1. The summed E-state index contributed by atoms with van der Waals surface area (Å²) < 4.78 is 5.48. The van der Waals surface area contributed by atoms with E-state index >= 15 is 0 Å². The fourth-order valence-electron chi connectivity index (χ4n) is 4.29. The Bertz CT molecular complexity index is 751. The summed E-state index contributed by atoms with van der Waals surface area (Å²) in [6.07, 6.45) is 8.81. The molecule has 1 heterocycles. The van der Waals surface area contributed by atoms with Gasteiger partial charge in [-0.3, -0.25) is 0 Å². The fourth-order valence-corrected chi connectivity index (χ4v) is 4.29. The number of rotatable bonds is 7. The lowest BCUT2D eigenvalue weighted by Crippen LogP contribution is -2.40. The van der Waals surface area contributed by atoms with Crippen LogP contribution in [0.15, 0.2) is 42.5 Å². The molecule has 1 saturated carbocycles. The number of nitrogens with one attached hydrogen (secondary N) is 2. The highest BCUT2D eigenvalue weighted by Gasteiger charge is 2.27. The zero-order chi connectivity index (χ0) is 18.6. The van der Waals surface area contributed by atoms with E-state index in [2.05, 4.69) is 60.0 Å². The van der Waals surface area contributed by atoms with Gasteiger partial charge in [-0.15, -0.1) is 0 Å². The van der Waals surface area contributed by atoms with Crippen molar-refractivity contribution in [3.05, 3.63) is 59.2 Å². The molecule has 0 saturated heterocycles. The smallest absolute Gasteiger partial charge is 0.119 e. The Labute approximate surface area is 163 Å². The van der Waals surface area contributed by atoms with Crippen LogP contribution in [0.2, 0.25) is 0 Å². The number of hydrogen-bond acceptors (Lipinski definition) is 3. The predicted octanol–water partition coefficient (Wildman–Crippen LogP) is 5.45. The highest BCUT2D eigenvalue weighted by atomic mass is 16.5. The summed E-state index contributed by atoms with van der Waals surface area (Å²) >= 11 is 0. The van der Waals surface area contributed by atoms with E-state index in [9.17, 15) is 0 Å². The number of methoxy groups -OCH3 is 1. The summed E-state index contributed by atoms with van der Waals surface area (Å²) in [6.45, 7) is 2.27. The molecule has 2 aromatic carbocycles. The molecule has 0 bridgehead atoms. The SMILES string of the molecule is CCCC[C@H]1Cc2cc(OC)ccc2[C@H](c2ccc(NC3CCC3)cc2)N1. The van der Waals surface area contributed by atoms with Gasteiger partial charge in [0.05, 0.1) is 13.2 Å². The molecule has 2 atom stereocenters. The normalized spacial score (nSPS) is 22.0. The minimum atomic E-state index is 0.263. The Kier molecular flexibility index (Phi) is 5.68. The van der Waals surface area contributed by atoms with Crippen LogP contribution in [0.25, 0.3) is 0 Å². The molecule has 3 nitrogen and oxygen atoms in total. The summed E-state index contributed by atoms with van der Waals surface area (Å²) in [7, 11) is 1.75. The van der Waals surface area contributed by atoms with Crippen molar-refractivity contribution < 1.29 is 4.74 Å². The van der Waals surface area contributed by atoms with Gasteiger partial charge >= 0.3 is 0 Å². The molecule has 2 N–H and O–H groups in total. The first-order valence-electron chi connectivity index (χ1n) is 10.6. The topological polar surface area (TPSA) is 33.3 Å². The number of unbranched alkanes of at least 4 members (excludes halogenated alkanes) is 1. The zero-order valence-corrected chi connectivity index (χ0v) is 16.6. The molecule has 144 valence electrons. The maximum absolute atomic E-state index is 5.48. The molecule has 0 unspecified atom stereocenters. The third-order valence-corrected chi connectivity index (χ3v) is 6.16. The molecule has 2 aliphatic rings. The van der Waals surface area contributed by atoms with E-state index in [1.807, 2.05) is 0 Å². The average molecular weight is 365 g/mol. The van der Waals surface area contributed by atoms with Crippen molar-refractivity contribution in [2.75, 3.05) is 12.4 Å². The van der Waals surface area contributed by atoms with Crippen LogP contribution in [0, 0.1) is 0 Å². The Morgan fingerprint density at radius 2 is 1.93 bits per heavy atom. The van der Waals surface area contributed by atoms with E-state index in [1.54, 1.807) is 7.11 Å². The van der Waals surface area contributed by atoms with Gasteiger partial charge in [-0.25, -0.2) is 0 Å². The van der Waals surface area contributed by atoms with Crippen molar-refractivity contribution in [2.45, 2.75) is 70.0 Å². The lowest BCUT2D eigenvalue weighted by Gasteiger charge is -2.34. The van der Waals surface area contributed by atoms with E-state index in [1.165, 1.54) is 60.9 Å². The van der Waals surface area contributed by atoms with Gasteiger partial charge in [0.25, 0.3) is 0 Å². The van der Waals surface area contributed by atoms with Crippen molar-refractivity contribution >= 4 is 5.69 Å². The zero-order valence-electron chi connectivity index (χ0n) is 16.6. The molecule has 4 rings (SSSR count). The minimum Gasteiger partial charge on any atom is -0.497 e. The highest BCUT2D eigenvalue weighted by Crippen LogP contribution is 2.34. The van der Waals surface area contributed by atoms with Gasteiger partial charge < -0.3 is 15.4 Å². The third kappa shape index (κ3) is 4.14. The number of ether oxygens (including phenoxy) is 1. The average Bonchev–Trinajstić information content (AvgIpc) is 2.68. The molecule has 2 aromatic rings. The minimum absolute atomic E-state index is 0.263. The van der Waals surface area contributed by atoms with Crippen molar-refractivity contribution in [3.8, 4) is 5.75 Å². The maximum Gasteiger partial charge on any atom is 0.119 e. The Morgan fingerprint density at radius 1 is 1.11 bits per heavy atom. The van der Waals surface area contributed by atoms with Gasteiger partial charge in [-0.2, -0.15) is 0 Å². The van der Waals surface area contributed by atoms with Crippen molar-refractivity contribution in [1.82, 2.24) is 5.32 Å². The van der Waals surface area contributed by atoms with E-state index in [0.717, 1.165) is 12.2 Å². The monoisotopic (exact) mass is 364 g/mol. The van der Waals surface area contributed by atoms with Crippen LogP contribution >= 0.6 is 0 Å². The van der Waals surface area contributed by atoms with Crippen LogP contribution in [0.3, 0.4) is 0 Å². The lowest BCUT2D eigenvalue weighted by atomic mass is 9.85. The summed E-state index contributed by atoms with van der Waals surface area (Å²) in [5.41, 5.74) is 5.41. The second kappa shape index (κ2) is 8.35. The van der Waals surface area contributed by atoms with E-state index < -0.39 is 0 Å². The lowest BCUT2D eigenvalue weighted by molar-refractivity contribution is 0.395. The Balaban J connectivity index is 1.57. The molecule has 27 heavy (non-hydrogen) atoms. The Hall–Kier alpha value is -2.00. The van der Waals surface area contributed by atoms with Crippen LogP contribution in [0.4, 0.5) is 5.69 Å². The number of benzene rings is 2. The summed E-state index contributed by atoms with van der Waals surface area (Å²) in [5.74, 6) is 0.962. The molecule has 0 amide bonds. The highest BCUT2D eigenvalue weighted by molar-refractivity contribution is 5.49. The van der Waals surface area contributed by atoms with Gasteiger partial charge in [0.15, 0.2) is 0 Å². The molecule has 1 aliphatic heterocycles. The molecule has 0 spiro atoms. The van der Waals surface area contributed by atoms with Crippen LogP contribution < -0.4 is 15.4 Å². The van der Waals surface area contributed by atoms with E-state index in [4.69, 9.17) is 4.74 Å². The molecular weight excluding hydrogens is 332 g/mol. The van der Waals surface area contributed by atoms with Gasteiger partial charge in [-0.1, -0.05) is 38.0 Å². The van der Waals surface area contributed by atoms with Gasteiger partial charge in [-0.05, 0) is 73.1 Å². The molecule has 1 fully saturated rings. The van der Waals surface area contributed by atoms with E-state index in [-0.39, 0.29) is 6.04 Å². The molecule has 0 radical (unpaired) electrons. The van der Waals surface area contributed by atoms with Crippen molar-refractivity contribution in [3.63, 3.8) is 0 Å². The second-order valence-electron chi connectivity index (χ2n) is 8.10. The number of anilines is 1. The van der Waals surface area contributed by atoms with Gasteiger partial charge in [0.1, 0.15) is 5.75 Å². The molecule has 1 aliphatic carbocycles. The van der Waals surface area contributed by atoms with Crippen LogP contribution in [-0.4, -0.2) is 19.2 Å². The Morgan fingerprint density at radius 3 is 2.59 bits per heavy atom. The third-order valence-electron chi connectivity index (χ3n) is 6.16. The van der Waals surface area contributed by atoms with Crippen molar-refractivity contribution in [2.24, 2.45) is 0 Å². The number of hydrogen-bond donors (Lipinski definition) is 2. The van der Waals surface area contributed by atoms with Gasteiger partial charge in [0, 0.05) is 17.8 Å². The van der Waals surface area contributed by atoms with Crippen LogP contribution in [0.1, 0.15) is 68.2 Å². The molecule has 3 heteroatoms. The van der Waals surface area contributed by atoms with E-state index in [0.29, 0.717) is 12.1 Å². The van der Waals surface area contributed by atoms with Crippen LogP contribution in [0.5, 0.6) is 5.75 Å². The summed E-state index contributed by atoms with van der Waals surface area (Å²) in [5, 5.41) is 7.56. The first-order valence-corrected chi connectivity index (χ1v) is 10.6. The first kappa shape index (κ1) is 18.4. The standard InChI is InChI=1S/C24H32N2O/c1-3-4-6-21-15-18-16-22(27-2)13-14-23(18)24(26-21)17-9-11-20(12-10-17)25-19-7-5-8-19/h9-14,16,19,21,24-26H,3-8,15H2,1-2H3/t21-,24-/m0/s1. The maximum atomic E-state index is 5.48. The predicted molar refractivity (Wildman–Crippen MR) is 113 cm³/mol.